The zero-order chi connectivity index (χ0) is 32.5. The van der Waals surface area contributed by atoms with Gasteiger partial charge in [0.2, 0.25) is 11.8 Å². The highest BCUT2D eigenvalue weighted by molar-refractivity contribution is 7.59. The second-order valence-electron chi connectivity index (χ2n) is 11.9. The van der Waals surface area contributed by atoms with E-state index in [4.69, 9.17) is 9.47 Å². The molecule has 2 atom stereocenters. The van der Waals surface area contributed by atoms with E-state index in [9.17, 15) is 19.2 Å². The molecule has 2 N–H and O–H groups in total. The molecule has 9 nitrogen and oxygen atoms in total. The van der Waals surface area contributed by atoms with E-state index in [0.717, 1.165) is 23.1 Å². The van der Waals surface area contributed by atoms with Crippen molar-refractivity contribution in [3.63, 3.8) is 0 Å². The van der Waals surface area contributed by atoms with Crippen LogP contribution in [-0.2, 0) is 24.5 Å². The van der Waals surface area contributed by atoms with Crippen molar-refractivity contribution >= 4 is 37.2 Å². The zero-order valence-corrected chi connectivity index (χ0v) is 28.1. The number of amides is 3. The van der Waals surface area contributed by atoms with Crippen LogP contribution in [0.4, 0.5) is 0 Å². The molecule has 0 saturated carbocycles. The minimum Gasteiger partial charge on any atom is -0.496 e. The average Bonchev–Trinajstić information content (AvgIpc) is 3.10. The summed E-state index contributed by atoms with van der Waals surface area (Å²) in [4.78, 5) is 55.1. The largest absolute Gasteiger partial charge is 0.496 e. The first-order chi connectivity index (χ1) is 22.4. The number of esters is 1. The Morgan fingerprint density at radius 2 is 1.57 bits per heavy atom. The number of methoxy groups -OCH3 is 1. The van der Waals surface area contributed by atoms with Gasteiger partial charge in [0.1, 0.15) is 5.75 Å². The van der Waals surface area contributed by atoms with Crippen LogP contribution in [0.15, 0.2) is 78.9 Å². The molecule has 0 bridgehead atoms. The molecule has 1 aliphatic heterocycles. The Morgan fingerprint density at radius 3 is 2.30 bits per heavy atom. The van der Waals surface area contributed by atoms with Crippen LogP contribution in [0.3, 0.4) is 0 Å². The van der Waals surface area contributed by atoms with Gasteiger partial charge in [-0.15, -0.1) is 0 Å². The van der Waals surface area contributed by atoms with Crippen molar-refractivity contribution in [2.45, 2.75) is 62.8 Å². The van der Waals surface area contributed by atoms with E-state index in [1.54, 1.807) is 25.3 Å². The number of hydrogen-bond acceptors (Lipinski definition) is 6. The minimum atomic E-state index is -1.00. The van der Waals surface area contributed by atoms with Crippen molar-refractivity contribution in [2.24, 2.45) is 0 Å². The predicted molar refractivity (Wildman–Crippen MR) is 185 cm³/mol. The van der Waals surface area contributed by atoms with Crippen LogP contribution >= 0.6 is 13.5 Å². The van der Waals surface area contributed by atoms with Crippen molar-refractivity contribution in [1.82, 2.24) is 15.5 Å². The summed E-state index contributed by atoms with van der Waals surface area (Å²) in [6, 6.07) is 24.5. The molecule has 1 saturated heterocycles. The highest BCUT2D eigenvalue weighted by Crippen LogP contribution is 2.48. The van der Waals surface area contributed by atoms with E-state index in [1.165, 1.54) is 0 Å². The number of hydrogen-bond donors (Lipinski definition) is 2. The van der Waals surface area contributed by atoms with Crippen LogP contribution in [0, 0.1) is 0 Å². The fourth-order valence-corrected chi connectivity index (χ4v) is 6.76. The monoisotopic (exact) mass is 659 g/mol. The second-order valence-corrected chi connectivity index (χ2v) is 11.9. The molecule has 1 fully saturated rings. The number of nitrogens with zero attached hydrogens (tertiary/aromatic N) is 1. The van der Waals surface area contributed by atoms with E-state index in [-0.39, 0.29) is 62.1 Å². The van der Waals surface area contributed by atoms with Crippen molar-refractivity contribution in [3.05, 3.63) is 101 Å². The topological polar surface area (TPSA) is 114 Å². The van der Waals surface area contributed by atoms with Gasteiger partial charge < -0.3 is 25.0 Å². The molecule has 2 aliphatic rings. The molecule has 250 valence electrons. The van der Waals surface area contributed by atoms with Crippen LogP contribution in [0.25, 0.3) is 0 Å². The maximum absolute atomic E-state index is 14.1. The second kappa shape index (κ2) is 16.5. The minimum absolute atomic E-state index is 0. The van der Waals surface area contributed by atoms with E-state index in [0.29, 0.717) is 56.7 Å². The Hall–Kier alpha value is -4.31. The molecule has 10 heteroatoms. The highest BCUT2D eigenvalue weighted by atomic mass is 32.1. The van der Waals surface area contributed by atoms with Crippen molar-refractivity contribution in [2.75, 3.05) is 33.4 Å². The molecule has 0 spiro atoms. The Kier molecular flexibility index (Phi) is 12.5. The van der Waals surface area contributed by atoms with Gasteiger partial charge in [-0.2, -0.15) is 13.5 Å². The van der Waals surface area contributed by atoms with Crippen LogP contribution in [0.2, 0.25) is 0 Å². The van der Waals surface area contributed by atoms with E-state index in [1.807, 2.05) is 72.5 Å². The molecule has 0 aromatic heterocycles. The summed E-state index contributed by atoms with van der Waals surface area (Å²) in [5, 5.41) is 6.12. The van der Waals surface area contributed by atoms with E-state index < -0.39 is 5.41 Å². The summed E-state index contributed by atoms with van der Waals surface area (Å²) in [6.45, 7) is 3.53. The molecule has 1 aliphatic carbocycles. The Bertz CT molecular complexity index is 1540. The Labute approximate surface area is 283 Å². The van der Waals surface area contributed by atoms with Gasteiger partial charge in [0.15, 0.2) is 0 Å². The summed E-state index contributed by atoms with van der Waals surface area (Å²) in [5.74, 6) is -0.525. The summed E-state index contributed by atoms with van der Waals surface area (Å²) in [5.41, 5.74) is 2.01. The molecule has 47 heavy (non-hydrogen) atoms. The fourth-order valence-electron chi connectivity index (χ4n) is 6.76. The molecule has 0 radical (unpaired) electrons. The number of rotatable bonds is 11. The first-order valence-corrected chi connectivity index (χ1v) is 16.2. The SMILES string of the molecule is CCCOC(=O)CCNC(=O)[C@@]1(c2ccccc2)CC[C@H](C(=O)N2CCC(NC(=O)c3ccccc3OC)CC2)c2ccccc21.S. The normalized spacial score (nSPS) is 19.0. The Balaban J connectivity index is 0.00000500. The van der Waals surface area contributed by atoms with Gasteiger partial charge in [0.05, 0.1) is 37.0 Å². The summed E-state index contributed by atoms with van der Waals surface area (Å²) in [7, 11) is 1.54. The van der Waals surface area contributed by atoms with E-state index in [2.05, 4.69) is 10.6 Å². The maximum atomic E-state index is 14.1. The van der Waals surface area contributed by atoms with Crippen molar-refractivity contribution < 1.29 is 28.7 Å². The van der Waals surface area contributed by atoms with Gasteiger partial charge in [-0.1, -0.05) is 73.7 Å². The van der Waals surface area contributed by atoms with Crippen LogP contribution in [0.5, 0.6) is 5.75 Å². The number of carbonyl (C=O) groups excluding carboxylic acids is 4. The fraction of sp³-hybridized carbons (Fsp3) is 0.405. The van der Waals surface area contributed by atoms with Crippen molar-refractivity contribution in [3.8, 4) is 5.75 Å². The number of carbonyl (C=O) groups is 4. The predicted octanol–water partition coefficient (Wildman–Crippen LogP) is 4.85. The molecule has 3 amide bonds. The Morgan fingerprint density at radius 1 is 0.894 bits per heavy atom. The maximum Gasteiger partial charge on any atom is 0.307 e. The first kappa shape index (κ1) is 35.5. The summed E-state index contributed by atoms with van der Waals surface area (Å²) < 4.78 is 10.5. The quantitative estimate of drug-likeness (QED) is 0.285. The lowest BCUT2D eigenvalue weighted by Crippen LogP contribution is -2.51. The molecule has 5 rings (SSSR count). The van der Waals surface area contributed by atoms with Gasteiger partial charge in [0.25, 0.3) is 5.91 Å². The number of fused-ring (bicyclic) bond motifs is 1. The third-order valence-corrected chi connectivity index (χ3v) is 9.13. The number of piperidine rings is 1. The number of para-hydroxylation sites is 1. The van der Waals surface area contributed by atoms with Gasteiger partial charge >= 0.3 is 5.97 Å². The van der Waals surface area contributed by atoms with Gasteiger partial charge in [-0.3, -0.25) is 19.2 Å². The average molecular weight is 660 g/mol. The zero-order valence-electron chi connectivity index (χ0n) is 27.1. The van der Waals surface area contributed by atoms with E-state index >= 15 is 0 Å². The molecular formula is C37H45N3O6S. The third-order valence-electron chi connectivity index (χ3n) is 9.13. The highest BCUT2D eigenvalue weighted by Gasteiger charge is 2.48. The lowest BCUT2D eigenvalue weighted by atomic mass is 9.62. The molecule has 3 aromatic carbocycles. The standard InChI is InChI=1S/C37H43N3O6.H2S/c1-3-25-46-33(41)18-22-38-36(44)37(26-11-5-4-6-12-26)21-17-29(28-13-7-9-15-31(28)37)35(43)40-23-19-27(20-24-40)39-34(42)30-14-8-10-16-32(30)45-2;/h4-16,27,29H,3,17-25H2,1-2H3,(H,38,44)(H,39,42);1H2/t29-,37+;/m0./s1. The number of ether oxygens (including phenoxy) is 2. The van der Waals surface area contributed by atoms with Gasteiger partial charge in [-0.05, 0) is 60.9 Å². The number of nitrogens with one attached hydrogen (secondary N) is 2. The smallest absolute Gasteiger partial charge is 0.307 e. The van der Waals surface area contributed by atoms with Crippen LogP contribution < -0.4 is 15.4 Å². The lowest BCUT2D eigenvalue weighted by Gasteiger charge is -2.42. The van der Waals surface area contributed by atoms with Gasteiger partial charge in [-0.25, -0.2) is 0 Å². The molecule has 1 heterocycles. The summed E-state index contributed by atoms with van der Waals surface area (Å²) in [6.07, 6.45) is 3.08. The summed E-state index contributed by atoms with van der Waals surface area (Å²) >= 11 is 0. The van der Waals surface area contributed by atoms with Crippen LogP contribution in [0.1, 0.15) is 78.4 Å². The van der Waals surface area contributed by atoms with Gasteiger partial charge in [0, 0.05) is 25.7 Å². The molecule has 3 aromatic rings. The third kappa shape index (κ3) is 7.81. The number of likely N-dealkylation sites (tertiary alicyclic amines) is 1. The van der Waals surface area contributed by atoms with Crippen molar-refractivity contribution in [1.29, 1.82) is 0 Å². The lowest BCUT2D eigenvalue weighted by molar-refractivity contribution is -0.143. The number of benzene rings is 3. The molecular weight excluding hydrogens is 614 g/mol. The first-order valence-electron chi connectivity index (χ1n) is 16.2. The van der Waals surface area contributed by atoms with Crippen LogP contribution in [-0.4, -0.2) is 68.0 Å². The molecule has 0 unspecified atom stereocenters.